The van der Waals surface area contributed by atoms with Crippen molar-refractivity contribution in [1.29, 1.82) is 0 Å². The van der Waals surface area contributed by atoms with Gasteiger partial charge in [0.15, 0.2) is 11.5 Å². The van der Waals surface area contributed by atoms with E-state index in [1.807, 2.05) is 0 Å². The Morgan fingerprint density at radius 2 is 1.86 bits per heavy atom. The van der Waals surface area contributed by atoms with Crippen molar-refractivity contribution in [3.05, 3.63) is 34.4 Å². The van der Waals surface area contributed by atoms with Crippen LogP contribution < -0.4 is 20.1 Å². The Hall–Kier alpha value is -2.02. The maximum Gasteiger partial charge on any atom is 0.319 e. The van der Waals surface area contributed by atoms with Crippen LogP contribution in [0.2, 0.25) is 0 Å². The largest absolute Gasteiger partial charge is 0.493 e. The summed E-state index contributed by atoms with van der Waals surface area (Å²) in [5.74, 6) is 0.411. The van der Waals surface area contributed by atoms with Gasteiger partial charge in [0, 0.05) is 10.2 Å². The highest BCUT2D eigenvalue weighted by molar-refractivity contribution is 9.10. The third-order valence-corrected chi connectivity index (χ3v) is 4.23. The number of amides is 2. The summed E-state index contributed by atoms with van der Waals surface area (Å²) in [7, 11) is 3.06. The number of urea groups is 1. The van der Waals surface area contributed by atoms with Crippen LogP contribution in [0.15, 0.2) is 28.9 Å². The number of rotatable bonds is 4. The number of nitrogens with one attached hydrogen (secondary N) is 2. The fourth-order valence-corrected chi connectivity index (χ4v) is 3.10. The summed E-state index contributed by atoms with van der Waals surface area (Å²) in [4.78, 5) is 23.7. The molecule has 1 aromatic rings. The smallest absolute Gasteiger partial charge is 0.319 e. The SMILES string of the molecule is C=C1NC(=O)N[C@@H](c2cc(OC)c(OC)cc2Br)[C@H]1C(C)=O. The molecule has 2 N–H and O–H groups in total. The van der Waals surface area contributed by atoms with Gasteiger partial charge in [-0.1, -0.05) is 22.5 Å². The average molecular weight is 369 g/mol. The minimum Gasteiger partial charge on any atom is -0.493 e. The molecule has 1 saturated heterocycles. The van der Waals surface area contributed by atoms with Crippen molar-refractivity contribution in [2.45, 2.75) is 13.0 Å². The zero-order valence-corrected chi connectivity index (χ0v) is 14.1. The summed E-state index contributed by atoms with van der Waals surface area (Å²) in [5, 5.41) is 5.31. The zero-order valence-electron chi connectivity index (χ0n) is 12.5. The molecule has 0 aliphatic carbocycles. The number of ether oxygens (including phenoxy) is 2. The van der Waals surface area contributed by atoms with Crippen molar-refractivity contribution in [3.63, 3.8) is 0 Å². The molecule has 0 aromatic heterocycles. The Balaban J connectivity index is 2.54. The van der Waals surface area contributed by atoms with Gasteiger partial charge in [-0.15, -0.1) is 0 Å². The van der Waals surface area contributed by atoms with Gasteiger partial charge in [0.25, 0.3) is 0 Å². The number of carbonyl (C=O) groups is 2. The molecule has 2 amide bonds. The highest BCUT2D eigenvalue weighted by Gasteiger charge is 2.37. The first-order valence-corrected chi connectivity index (χ1v) is 7.36. The third kappa shape index (κ3) is 2.94. The lowest BCUT2D eigenvalue weighted by Gasteiger charge is -2.34. The molecule has 7 heteroatoms. The second-order valence-electron chi connectivity index (χ2n) is 4.92. The molecule has 22 heavy (non-hydrogen) atoms. The van der Waals surface area contributed by atoms with Crippen LogP contribution in [0.5, 0.6) is 11.5 Å². The number of carbonyl (C=O) groups excluding carboxylic acids is 2. The molecular weight excluding hydrogens is 352 g/mol. The van der Waals surface area contributed by atoms with E-state index in [0.29, 0.717) is 27.2 Å². The van der Waals surface area contributed by atoms with Crippen LogP contribution in [0, 0.1) is 5.92 Å². The molecule has 0 bridgehead atoms. The van der Waals surface area contributed by atoms with Crippen LogP contribution in [-0.2, 0) is 4.79 Å². The molecule has 0 saturated carbocycles. The molecule has 0 radical (unpaired) electrons. The van der Waals surface area contributed by atoms with Crippen molar-refractivity contribution in [2.75, 3.05) is 14.2 Å². The minimum absolute atomic E-state index is 0.0933. The summed E-state index contributed by atoms with van der Waals surface area (Å²) >= 11 is 3.46. The molecule has 2 atom stereocenters. The van der Waals surface area contributed by atoms with E-state index in [1.54, 1.807) is 12.1 Å². The van der Waals surface area contributed by atoms with Gasteiger partial charge in [-0.05, 0) is 24.6 Å². The third-order valence-electron chi connectivity index (χ3n) is 3.55. The Labute approximate surface area is 137 Å². The fourth-order valence-electron chi connectivity index (χ4n) is 2.53. The monoisotopic (exact) mass is 368 g/mol. The maximum atomic E-state index is 12.0. The maximum absolute atomic E-state index is 12.0. The number of methoxy groups -OCH3 is 2. The number of halogens is 1. The molecule has 1 aliphatic heterocycles. The molecule has 0 unspecified atom stereocenters. The first-order valence-electron chi connectivity index (χ1n) is 6.57. The van der Waals surface area contributed by atoms with Crippen LogP contribution in [0.4, 0.5) is 4.79 Å². The van der Waals surface area contributed by atoms with E-state index >= 15 is 0 Å². The van der Waals surface area contributed by atoms with E-state index in [9.17, 15) is 9.59 Å². The normalized spacial score (nSPS) is 20.9. The van der Waals surface area contributed by atoms with Gasteiger partial charge >= 0.3 is 6.03 Å². The zero-order chi connectivity index (χ0) is 16.4. The number of ketones is 1. The first kappa shape index (κ1) is 16.4. The molecule has 1 fully saturated rings. The molecule has 1 heterocycles. The fraction of sp³-hybridized carbons (Fsp3) is 0.333. The lowest BCUT2D eigenvalue weighted by Crippen LogP contribution is -2.50. The van der Waals surface area contributed by atoms with Gasteiger partial charge in [-0.3, -0.25) is 4.79 Å². The van der Waals surface area contributed by atoms with Crippen LogP contribution in [0.1, 0.15) is 18.5 Å². The number of Topliss-reactive ketones (excluding diaryl/α,β-unsaturated/α-hetero) is 1. The summed E-state index contributed by atoms with van der Waals surface area (Å²) < 4.78 is 11.2. The van der Waals surface area contributed by atoms with Crippen LogP contribution >= 0.6 is 15.9 Å². The standard InChI is InChI=1S/C15H17BrN2O4/c1-7-13(8(2)19)14(18-15(20)17-7)9-5-11(21-3)12(22-4)6-10(9)16/h5-6,13-14H,1H2,2-4H3,(H2,17,18,20)/t13-,14+/m1/s1. The van der Waals surface area contributed by atoms with Gasteiger partial charge < -0.3 is 20.1 Å². The van der Waals surface area contributed by atoms with E-state index in [1.165, 1.54) is 21.1 Å². The number of hydrogen-bond acceptors (Lipinski definition) is 4. The Morgan fingerprint density at radius 1 is 1.27 bits per heavy atom. The lowest BCUT2D eigenvalue weighted by molar-refractivity contribution is -0.120. The highest BCUT2D eigenvalue weighted by atomic mass is 79.9. The van der Waals surface area contributed by atoms with Gasteiger partial charge in [-0.2, -0.15) is 0 Å². The van der Waals surface area contributed by atoms with Crippen molar-refractivity contribution < 1.29 is 19.1 Å². The minimum atomic E-state index is -0.563. The Morgan fingerprint density at radius 3 is 2.41 bits per heavy atom. The summed E-state index contributed by atoms with van der Waals surface area (Å²) in [5.41, 5.74) is 1.09. The van der Waals surface area contributed by atoms with Crippen LogP contribution in [0.3, 0.4) is 0 Å². The van der Waals surface area contributed by atoms with Gasteiger partial charge in [0.2, 0.25) is 0 Å². The van der Waals surface area contributed by atoms with E-state index in [0.717, 1.165) is 0 Å². The van der Waals surface area contributed by atoms with E-state index in [-0.39, 0.29) is 5.78 Å². The molecule has 6 nitrogen and oxygen atoms in total. The number of benzene rings is 1. The highest BCUT2D eigenvalue weighted by Crippen LogP contribution is 2.40. The second kappa shape index (κ2) is 6.39. The molecule has 0 spiro atoms. The quantitative estimate of drug-likeness (QED) is 0.855. The van der Waals surface area contributed by atoms with Crippen molar-refractivity contribution >= 4 is 27.7 Å². The van der Waals surface area contributed by atoms with Gasteiger partial charge in [0.05, 0.1) is 26.2 Å². The predicted molar refractivity (Wildman–Crippen MR) is 85.0 cm³/mol. The molecule has 118 valence electrons. The van der Waals surface area contributed by atoms with Crippen molar-refractivity contribution in [2.24, 2.45) is 5.92 Å². The summed E-state index contributed by atoms with van der Waals surface area (Å²) in [6.45, 7) is 5.25. The Bertz CT molecular complexity index is 645. The molecule has 1 aliphatic rings. The van der Waals surface area contributed by atoms with E-state index < -0.39 is 18.0 Å². The summed E-state index contributed by atoms with van der Waals surface area (Å²) in [6.07, 6.45) is 0. The summed E-state index contributed by atoms with van der Waals surface area (Å²) in [6, 6.07) is 2.55. The topological polar surface area (TPSA) is 76.7 Å². The van der Waals surface area contributed by atoms with Crippen molar-refractivity contribution in [3.8, 4) is 11.5 Å². The molecule has 2 rings (SSSR count). The second-order valence-corrected chi connectivity index (χ2v) is 5.77. The molecule has 1 aromatic carbocycles. The van der Waals surface area contributed by atoms with Crippen molar-refractivity contribution in [1.82, 2.24) is 10.6 Å². The van der Waals surface area contributed by atoms with Crippen LogP contribution in [-0.4, -0.2) is 26.0 Å². The Kier molecular flexibility index (Phi) is 4.75. The molecular formula is C15H17BrN2O4. The number of hydrogen-bond donors (Lipinski definition) is 2. The lowest BCUT2D eigenvalue weighted by atomic mass is 9.86. The van der Waals surface area contributed by atoms with Gasteiger partial charge in [-0.25, -0.2) is 4.79 Å². The predicted octanol–water partition coefficient (Wildman–Crippen LogP) is 2.54. The van der Waals surface area contributed by atoms with Crippen LogP contribution in [0.25, 0.3) is 0 Å². The van der Waals surface area contributed by atoms with Gasteiger partial charge in [0.1, 0.15) is 5.78 Å². The average Bonchev–Trinajstić information content (AvgIpc) is 2.45. The first-order chi connectivity index (χ1) is 10.4. The van der Waals surface area contributed by atoms with E-state index in [2.05, 4.69) is 33.1 Å². The van der Waals surface area contributed by atoms with E-state index in [4.69, 9.17) is 9.47 Å².